The molecule has 142 valence electrons. The molecule has 4 rings (SSSR count). The lowest BCUT2D eigenvalue weighted by Crippen LogP contribution is -2.55. The maximum atomic E-state index is 12.7. The predicted octanol–water partition coefficient (Wildman–Crippen LogP) is 3.56. The molecule has 1 saturated carbocycles. The summed E-state index contributed by atoms with van der Waals surface area (Å²) in [7, 11) is 0. The summed E-state index contributed by atoms with van der Waals surface area (Å²) in [6, 6.07) is 10.4. The van der Waals surface area contributed by atoms with Crippen LogP contribution in [0.5, 0.6) is 0 Å². The van der Waals surface area contributed by atoms with Crippen LogP contribution in [0.3, 0.4) is 0 Å². The van der Waals surface area contributed by atoms with Gasteiger partial charge in [0.25, 0.3) is 5.91 Å². The van der Waals surface area contributed by atoms with E-state index in [1.54, 1.807) is 24.3 Å². The van der Waals surface area contributed by atoms with E-state index in [9.17, 15) is 9.59 Å². The highest BCUT2D eigenvalue weighted by Crippen LogP contribution is 2.36. The number of furan rings is 1. The molecule has 2 fully saturated rings. The molecule has 1 aromatic heterocycles. The number of Topliss-reactive ketones (excluding diaryl/α,β-unsaturated/α-hetero) is 1. The van der Waals surface area contributed by atoms with Crippen molar-refractivity contribution in [2.75, 3.05) is 13.2 Å². The van der Waals surface area contributed by atoms with E-state index in [-0.39, 0.29) is 23.5 Å². The van der Waals surface area contributed by atoms with Crippen molar-refractivity contribution in [2.45, 2.75) is 44.4 Å². The van der Waals surface area contributed by atoms with Gasteiger partial charge in [0.15, 0.2) is 17.3 Å². The zero-order chi connectivity index (χ0) is 18.9. The molecule has 0 bridgehead atoms. The Morgan fingerprint density at radius 3 is 2.48 bits per heavy atom. The van der Waals surface area contributed by atoms with Crippen molar-refractivity contribution in [2.24, 2.45) is 0 Å². The zero-order valence-electron chi connectivity index (χ0n) is 15.3. The Morgan fingerprint density at radius 1 is 1.04 bits per heavy atom. The molecular formula is C21H23NO5. The first kappa shape index (κ1) is 17.9. The van der Waals surface area contributed by atoms with Gasteiger partial charge in [0.05, 0.1) is 19.3 Å². The van der Waals surface area contributed by atoms with Crippen molar-refractivity contribution in [3.63, 3.8) is 0 Å². The molecule has 1 saturated heterocycles. The molecule has 1 N–H and O–H groups in total. The van der Waals surface area contributed by atoms with Crippen molar-refractivity contribution in [1.29, 1.82) is 0 Å². The summed E-state index contributed by atoms with van der Waals surface area (Å²) in [5.74, 6) is -0.113. The summed E-state index contributed by atoms with van der Waals surface area (Å²) in [5.41, 5.74) is 1.46. The Balaban J connectivity index is 1.47. The van der Waals surface area contributed by atoms with Gasteiger partial charge in [-0.25, -0.2) is 0 Å². The van der Waals surface area contributed by atoms with Crippen LogP contribution in [0, 0.1) is 0 Å². The van der Waals surface area contributed by atoms with E-state index in [2.05, 4.69) is 5.32 Å². The Bertz CT molecular complexity index is 833. The molecular weight excluding hydrogens is 346 g/mol. The smallest absolute Gasteiger partial charge is 0.287 e. The fourth-order valence-electron chi connectivity index (χ4n) is 3.83. The summed E-state index contributed by atoms with van der Waals surface area (Å²) in [6.45, 7) is 2.65. The second-order valence-corrected chi connectivity index (χ2v) is 7.08. The van der Waals surface area contributed by atoms with Gasteiger partial charge in [-0.05, 0) is 31.9 Å². The Hall–Kier alpha value is -2.44. The number of rotatable bonds is 4. The van der Waals surface area contributed by atoms with Gasteiger partial charge in [-0.2, -0.15) is 0 Å². The topological polar surface area (TPSA) is 77.8 Å². The van der Waals surface area contributed by atoms with Gasteiger partial charge in [0.2, 0.25) is 0 Å². The lowest BCUT2D eigenvalue weighted by molar-refractivity contribution is -0.192. The lowest BCUT2D eigenvalue weighted by atomic mass is 9.89. The Morgan fingerprint density at radius 2 is 1.78 bits per heavy atom. The third kappa shape index (κ3) is 3.55. The van der Waals surface area contributed by atoms with E-state index in [0.29, 0.717) is 24.5 Å². The van der Waals surface area contributed by atoms with E-state index in [1.165, 1.54) is 6.92 Å². The van der Waals surface area contributed by atoms with Crippen molar-refractivity contribution in [1.82, 2.24) is 5.32 Å². The van der Waals surface area contributed by atoms with E-state index >= 15 is 0 Å². The van der Waals surface area contributed by atoms with Crippen LogP contribution in [0.15, 0.2) is 40.8 Å². The van der Waals surface area contributed by atoms with Gasteiger partial charge >= 0.3 is 0 Å². The molecule has 1 spiro atoms. The van der Waals surface area contributed by atoms with Gasteiger partial charge in [-0.15, -0.1) is 0 Å². The number of benzene rings is 1. The highest BCUT2D eigenvalue weighted by atomic mass is 16.7. The standard InChI is InChI=1S/C21H23NO5/c1-14(23)15-5-7-16(8-6-15)17-9-10-18(27-17)20(24)22-19-4-2-3-11-21(19)25-12-13-26-21/h5-10,19H,2-4,11-13H2,1H3,(H,22,24). The SMILES string of the molecule is CC(=O)c1ccc(-c2ccc(C(=O)NC3CCCCC34OCCO4)o2)cc1. The summed E-state index contributed by atoms with van der Waals surface area (Å²) in [5, 5.41) is 3.03. The minimum atomic E-state index is -0.689. The maximum absolute atomic E-state index is 12.7. The average Bonchev–Trinajstić information content (AvgIpc) is 3.34. The first-order chi connectivity index (χ1) is 13.1. The second kappa shape index (κ2) is 7.29. The third-order valence-corrected chi connectivity index (χ3v) is 5.29. The fraction of sp³-hybridized carbons (Fsp3) is 0.429. The molecule has 1 aliphatic carbocycles. The summed E-state index contributed by atoms with van der Waals surface area (Å²) >= 11 is 0. The molecule has 6 heteroatoms. The van der Waals surface area contributed by atoms with Crippen molar-refractivity contribution < 1.29 is 23.5 Å². The van der Waals surface area contributed by atoms with E-state index in [0.717, 1.165) is 31.2 Å². The number of carbonyl (C=O) groups excluding carboxylic acids is 2. The molecule has 1 amide bonds. The van der Waals surface area contributed by atoms with Crippen LogP contribution in [0.2, 0.25) is 0 Å². The monoisotopic (exact) mass is 369 g/mol. The number of ketones is 1. The fourth-order valence-corrected chi connectivity index (χ4v) is 3.83. The predicted molar refractivity (Wildman–Crippen MR) is 98.5 cm³/mol. The van der Waals surface area contributed by atoms with Crippen molar-refractivity contribution in [3.05, 3.63) is 47.7 Å². The molecule has 6 nitrogen and oxygen atoms in total. The highest BCUT2D eigenvalue weighted by Gasteiger charge is 2.46. The van der Waals surface area contributed by atoms with Gasteiger partial charge < -0.3 is 19.2 Å². The lowest BCUT2D eigenvalue weighted by Gasteiger charge is -2.39. The molecule has 1 unspecified atom stereocenters. The highest BCUT2D eigenvalue weighted by molar-refractivity contribution is 5.94. The molecule has 2 aromatic rings. The van der Waals surface area contributed by atoms with Gasteiger partial charge in [-0.1, -0.05) is 30.7 Å². The number of nitrogens with one attached hydrogen (secondary N) is 1. The van der Waals surface area contributed by atoms with E-state index in [1.807, 2.05) is 12.1 Å². The molecule has 1 atom stereocenters. The molecule has 2 aliphatic rings. The van der Waals surface area contributed by atoms with Gasteiger partial charge in [-0.3, -0.25) is 9.59 Å². The quantitative estimate of drug-likeness (QED) is 0.834. The number of carbonyl (C=O) groups is 2. The maximum Gasteiger partial charge on any atom is 0.287 e. The molecule has 0 radical (unpaired) electrons. The van der Waals surface area contributed by atoms with E-state index in [4.69, 9.17) is 13.9 Å². The number of hydrogen-bond acceptors (Lipinski definition) is 5. The van der Waals surface area contributed by atoms with E-state index < -0.39 is 5.79 Å². The number of ether oxygens (including phenoxy) is 2. The summed E-state index contributed by atoms with van der Waals surface area (Å²) in [6.07, 6.45) is 3.69. The third-order valence-electron chi connectivity index (χ3n) is 5.29. The normalized spacial score (nSPS) is 21.3. The van der Waals surface area contributed by atoms with Crippen LogP contribution < -0.4 is 5.32 Å². The Labute approximate surface area is 157 Å². The second-order valence-electron chi connectivity index (χ2n) is 7.08. The van der Waals surface area contributed by atoms with Gasteiger partial charge in [0.1, 0.15) is 5.76 Å². The molecule has 27 heavy (non-hydrogen) atoms. The zero-order valence-corrected chi connectivity index (χ0v) is 15.3. The van der Waals surface area contributed by atoms with Crippen molar-refractivity contribution in [3.8, 4) is 11.3 Å². The molecule has 1 aromatic carbocycles. The van der Waals surface area contributed by atoms with Crippen LogP contribution >= 0.6 is 0 Å². The van der Waals surface area contributed by atoms with Crippen molar-refractivity contribution >= 4 is 11.7 Å². The average molecular weight is 369 g/mol. The van der Waals surface area contributed by atoms with Crippen LogP contribution in [-0.2, 0) is 9.47 Å². The Kier molecular flexibility index (Phi) is 4.85. The molecule has 2 heterocycles. The summed E-state index contributed by atoms with van der Waals surface area (Å²) in [4.78, 5) is 24.1. The first-order valence-corrected chi connectivity index (χ1v) is 9.37. The van der Waals surface area contributed by atoms with Crippen LogP contribution in [0.1, 0.15) is 53.5 Å². The summed E-state index contributed by atoms with van der Waals surface area (Å²) < 4.78 is 17.4. The minimum absolute atomic E-state index is 0.0128. The molecule has 1 aliphatic heterocycles. The van der Waals surface area contributed by atoms with Crippen LogP contribution in [0.25, 0.3) is 11.3 Å². The minimum Gasteiger partial charge on any atom is -0.451 e. The number of hydrogen-bond donors (Lipinski definition) is 1. The van der Waals surface area contributed by atoms with Gasteiger partial charge in [0, 0.05) is 17.5 Å². The van der Waals surface area contributed by atoms with Crippen LogP contribution in [-0.4, -0.2) is 36.7 Å². The number of amides is 1. The largest absolute Gasteiger partial charge is 0.451 e. The first-order valence-electron chi connectivity index (χ1n) is 9.37. The van der Waals surface area contributed by atoms with Crippen LogP contribution in [0.4, 0.5) is 0 Å².